The molecule has 0 saturated carbocycles. The first-order valence-electron chi connectivity index (χ1n) is 5.69. The number of carboxylic acids is 2. The molecule has 18 heavy (non-hydrogen) atoms. The van der Waals surface area contributed by atoms with Gasteiger partial charge in [0.1, 0.15) is 0 Å². The van der Waals surface area contributed by atoms with Gasteiger partial charge in [0.25, 0.3) is 0 Å². The van der Waals surface area contributed by atoms with Crippen LogP contribution < -0.4 is 0 Å². The van der Waals surface area contributed by atoms with Gasteiger partial charge in [-0.25, -0.2) is 9.59 Å². The van der Waals surface area contributed by atoms with Gasteiger partial charge in [-0.15, -0.1) is 0 Å². The Kier molecular flexibility index (Phi) is 4.85. The molecule has 1 aromatic rings. The second-order valence-electron chi connectivity index (χ2n) is 4.06. The number of benzene rings is 1. The van der Waals surface area contributed by atoms with E-state index in [2.05, 4.69) is 0 Å². The van der Waals surface area contributed by atoms with Crippen LogP contribution >= 0.6 is 0 Å². The molecule has 0 amide bonds. The van der Waals surface area contributed by atoms with Crippen LogP contribution in [0.5, 0.6) is 0 Å². The van der Waals surface area contributed by atoms with Gasteiger partial charge in [0.15, 0.2) is 0 Å². The van der Waals surface area contributed by atoms with E-state index in [-0.39, 0.29) is 17.7 Å². The SMILES string of the molecule is Cc1c(C(=O)O)ccc(C(=O)O)c1CCCCO. The lowest BCUT2D eigenvalue weighted by molar-refractivity contribution is 0.0679. The number of carboxylic acid groups (broad SMARTS) is 2. The number of aliphatic hydroxyl groups excluding tert-OH is 1. The topological polar surface area (TPSA) is 94.8 Å². The third-order valence-corrected chi connectivity index (χ3v) is 2.89. The van der Waals surface area contributed by atoms with Gasteiger partial charge in [-0.2, -0.15) is 0 Å². The van der Waals surface area contributed by atoms with Crippen molar-refractivity contribution in [3.05, 3.63) is 34.4 Å². The van der Waals surface area contributed by atoms with Gasteiger partial charge >= 0.3 is 11.9 Å². The summed E-state index contributed by atoms with van der Waals surface area (Å²) in [6.45, 7) is 1.66. The first-order chi connectivity index (χ1) is 8.49. The van der Waals surface area contributed by atoms with Crippen molar-refractivity contribution in [2.24, 2.45) is 0 Å². The van der Waals surface area contributed by atoms with E-state index in [1.807, 2.05) is 0 Å². The van der Waals surface area contributed by atoms with Crippen LogP contribution in [0.25, 0.3) is 0 Å². The molecule has 0 aliphatic heterocycles. The maximum Gasteiger partial charge on any atom is 0.335 e. The number of hydrogen-bond donors (Lipinski definition) is 3. The summed E-state index contributed by atoms with van der Waals surface area (Å²) in [5, 5.41) is 26.8. The van der Waals surface area contributed by atoms with E-state index in [9.17, 15) is 9.59 Å². The van der Waals surface area contributed by atoms with E-state index < -0.39 is 11.9 Å². The molecule has 0 aromatic heterocycles. The molecule has 0 unspecified atom stereocenters. The molecule has 0 atom stereocenters. The van der Waals surface area contributed by atoms with Crippen molar-refractivity contribution in [2.75, 3.05) is 6.61 Å². The van der Waals surface area contributed by atoms with Gasteiger partial charge < -0.3 is 15.3 Å². The third-order valence-electron chi connectivity index (χ3n) is 2.89. The van der Waals surface area contributed by atoms with Crippen molar-refractivity contribution >= 4 is 11.9 Å². The van der Waals surface area contributed by atoms with E-state index in [1.165, 1.54) is 12.1 Å². The van der Waals surface area contributed by atoms with Crippen molar-refractivity contribution in [2.45, 2.75) is 26.2 Å². The number of unbranched alkanes of at least 4 members (excludes halogenated alkanes) is 1. The zero-order valence-electron chi connectivity index (χ0n) is 10.1. The van der Waals surface area contributed by atoms with Gasteiger partial charge in [-0.1, -0.05) is 0 Å². The summed E-state index contributed by atoms with van der Waals surface area (Å²) < 4.78 is 0. The minimum Gasteiger partial charge on any atom is -0.478 e. The van der Waals surface area contributed by atoms with E-state index in [1.54, 1.807) is 6.92 Å². The predicted molar refractivity (Wildman–Crippen MR) is 65.1 cm³/mol. The van der Waals surface area contributed by atoms with E-state index in [0.29, 0.717) is 30.4 Å². The van der Waals surface area contributed by atoms with Crippen LogP contribution in [0.4, 0.5) is 0 Å². The molecular weight excluding hydrogens is 236 g/mol. The summed E-state index contributed by atoms with van der Waals surface area (Å²) in [7, 11) is 0. The Morgan fingerprint density at radius 3 is 2.11 bits per heavy atom. The minimum atomic E-state index is -1.06. The maximum absolute atomic E-state index is 11.1. The highest BCUT2D eigenvalue weighted by Gasteiger charge is 2.17. The molecule has 1 aromatic carbocycles. The summed E-state index contributed by atoms with van der Waals surface area (Å²) in [5.74, 6) is -2.12. The third kappa shape index (κ3) is 3.07. The van der Waals surface area contributed by atoms with Gasteiger partial charge in [0.05, 0.1) is 11.1 Å². The number of aromatic carboxylic acids is 2. The maximum atomic E-state index is 11.1. The van der Waals surface area contributed by atoms with Crippen LogP contribution in [0.1, 0.15) is 44.7 Å². The van der Waals surface area contributed by atoms with E-state index >= 15 is 0 Å². The standard InChI is InChI=1S/C13H16O5/c1-8-9(4-2-3-7-14)11(13(17)18)6-5-10(8)12(15)16/h5-6,14H,2-4,7H2,1H3,(H,15,16)(H,17,18). The average molecular weight is 252 g/mol. The molecule has 0 aliphatic rings. The summed E-state index contributed by atoms with van der Waals surface area (Å²) in [5.41, 5.74) is 1.28. The molecule has 0 aliphatic carbocycles. The molecule has 0 heterocycles. The van der Waals surface area contributed by atoms with Crippen LogP contribution in [0.3, 0.4) is 0 Å². The van der Waals surface area contributed by atoms with Crippen LogP contribution in [0, 0.1) is 6.92 Å². The fourth-order valence-electron chi connectivity index (χ4n) is 1.92. The van der Waals surface area contributed by atoms with Crippen molar-refractivity contribution in [3.8, 4) is 0 Å². The highest BCUT2D eigenvalue weighted by atomic mass is 16.4. The Balaban J connectivity index is 3.18. The highest BCUT2D eigenvalue weighted by molar-refractivity contribution is 5.94. The largest absolute Gasteiger partial charge is 0.478 e. The average Bonchev–Trinajstić information content (AvgIpc) is 2.30. The lowest BCUT2D eigenvalue weighted by atomic mass is 9.93. The Hall–Kier alpha value is -1.88. The van der Waals surface area contributed by atoms with Crippen LogP contribution in [-0.2, 0) is 6.42 Å². The summed E-state index contributed by atoms with van der Waals surface area (Å²) >= 11 is 0. The summed E-state index contributed by atoms with van der Waals surface area (Å²) in [6.07, 6.45) is 1.64. The number of hydrogen-bond acceptors (Lipinski definition) is 3. The van der Waals surface area contributed by atoms with Gasteiger partial charge in [-0.3, -0.25) is 0 Å². The van der Waals surface area contributed by atoms with Crippen molar-refractivity contribution in [1.82, 2.24) is 0 Å². The zero-order chi connectivity index (χ0) is 13.7. The van der Waals surface area contributed by atoms with Gasteiger partial charge in [-0.05, 0) is 49.4 Å². The van der Waals surface area contributed by atoms with E-state index in [0.717, 1.165) is 0 Å². The molecule has 0 fully saturated rings. The molecule has 0 saturated heterocycles. The van der Waals surface area contributed by atoms with Crippen LogP contribution in [-0.4, -0.2) is 33.9 Å². The second kappa shape index (κ2) is 6.16. The normalized spacial score (nSPS) is 10.3. The fraction of sp³-hybridized carbons (Fsp3) is 0.385. The highest BCUT2D eigenvalue weighted by Crippen LogP contribution is 2.21. The Morgan fingerprint density at radius 2 is 1.61 bits per heavy atom. The van der Waals surface area contributed by atoms with Crippen LogP contribution in [0.2, 0.25) is 0 Å². The number of aliphatic hydroxyl groups is 1. The molecule has 0 bridgehead atoms. The molecule has 5 nitrogen and oxygen atoms in total. The first kappa shape index (κ1) is 14.2. The molecule has 5 heteroatoms. The van der Waals surface area contributed by atoms with Crippen molar-refractivity contribution in [1.29, 1.82) is 0 Å². The Bertz CT molecular complexity index is 465. The van der Waals surface area contributed by atoms with Crippen molar-refractivity contribution in [3.63, 3.8) is 0 Å². The van der Waals surface area contributed by atoms with Gasteiger partial charge in [0.2, 0.25) is 0 Å². The first-order valence-corrected chi connectivity index (χ1v) is 5.69. The number of carbonyl (C=O) groups is 2. The zero-order valence-corrected chi connectivity index (χ0v) is 10.1. The number of rotatable bonds is 6. The molecule has 1 rings (SSSR count). The molecule has 3 N–H and O–H groups in total. The summed E-state index contributed by atoms with van der Waals surface area (Å²) in [4.78, 5) is 22.1. The lowest BCUT2D eigenvalue weighted by Gasteiger charge is -2.12. The van der Waals surface area contributed by atoms with Crippen LogP contribution in [0.15, 0.2) is 12.1 Å². The lowest BCUT2D eigenvalue weighted by Crippen LogP contribution is -2.10. The quantitative estimate of drug-likeness (QED) is 0.670. The predicted octanol–water partition coefficient (Wildman–Crippen LogP) is 1.71. The molecule has 0 radical (unpaired) electrons. The molecular formula is C13H16O5. The monoisotopic (exact) mass is 252 g/mol. The smallest absolute Gasteiger partial charge is 0.335 e. The molecule has 0 spiro atoms. The van der Waals surface area contributed by atoms with Crippen molar-refractivity contribution < 1.29 is 24.9 Å². The Labute approximate surface area is 105 Å². The summed E-state index contributed by atoms with van der Waals surface area (Å²) in [6, 6.07) is 2.64. The van der Waals surface area contributed by atoms with Gasteiger partial charge in [0, 0.05) is 6.61 Å². The fourth-order valence-corrected chi connectivity index (χ4v) is 1.92. The minimum absolute atomic E-state index is 0.0417. The van der Waals surface area contributed by atoms with E-state index in [4.69, 9.17) is 15.3 Å². The Morgan fingerprint density at radius 1 is 1.06 bits per heavy atom. The molecule has 98 valence electrons. The second-order valence-corrected chi connectivity index (χ2v) is 4.06.